The topological polar surface area (TPSA) is 46.2 Å². The first kappa shape index (κ1) is 22.9. The van der Waals surface area contributed by atoms with Gasteiger partial charge >= 0.3 is 0 Å². The molecule has 3 aromatic rings. The molecule has 0 fully saturated rings. The molecular weight excluding hydrogens is 440 g/mol. The van der Waals surface area contributed by atoms with Crippen molar-refractivity contribution in [3.05, 3.63) is 82.9 Å². The van der Waals surface area contributed by atoms with Gasteiger partial charge in [0.05, 0.1) is 24.8 Å². The summed E-state index contributed by atoms with van der Waals surface area (Å²) in [7, 11) is 1.67. The SMILES string of the molecule is CCOc1ccc(C2=Cc3c(OC)cc4c(c3OC2)C=CC(C)(C)O4)c(OCc2ccccc2)c1. The third kappa shape index (κ3) is 4.72. The lowest BCUT2D eigenvalue weighted by Gasteiger charge is -2.31. The maximum Gasteiger partial charge on any atom is 0.141 e. The van der Waals surface area contributed by atoms with E-state index < -0.39 is 0 Å². The summed E-state index contributed by atoms with van der Waals surface area (Å²) in [6.45, 7) is 7.48. The molecule has 35 heavy (non-hydrogen) atoms. The smallest absolute Gasteiger partial charge is 0.141 e. The molecule has 2 aliphatic rings. The number of benzene rings is 3. The van der Waals surface area contributed by atoms with Gasteiger partial charge in [0.25, 0.3) is 0 Å². The Morgan fingerprint density at radius 2 is 1.77 bits per heavy atom. The lowest BCUT2D eigenvalue weighted by Crippen LogP contribution is -2.28. The highest BCUT2D eigenvalue weighted by Crippen LogP contribution is 2.48. The Balaban J connectivity index is 1.54. The highest BCUT2D eigenvalue weighted by atomic mass is 16.5. The van der Waals surface area contributed by atoms with Crippen LogP contribution in [-0.4, -0.2) is 25.9 Å². The van der Waals surface area contributed by atoms with Crippen LogP contribution in [0.4, 0.5) is 0 Å². The van der Waals surface area contributed by atoms with Crippen molar-refractivity contribution in [2.45, 2.75) is 33.0 Å². The molecular formula is C30H30O5. The van der Waals surface area contributed by atoms with E-state index in [1.165, 1.54) is 0 Å². The molecule has 5 nitrogen and oxygen atoms in total. The summed E-state index contributed by atoms with van der Waals surface area (Å²) in [6.07, 6.45) is 6.24. The van der Waals surface area contributed by atoms with Gasteiger partial charge in [-0.15, -0.1) is 0 Å². The van der Waals surface area contributed by atoms with Gasteiger partial charge in [-0.2, -0.15) is 0 Å². The maximum atomic E-state index is 6.33. The van der Waals surface area contributed by atoms with Crippen molar-refractivity contribution in [3.63, 3.8) is 0 Å². The van der Waals surface area contributed by atoms with Gasteiger partial charge in [-0.25, -0.2) is 0 Å². The third-order valence-corrected chi connectivity index (χ3v) is 6.06. The van der Waals surface area contributed by atoms with E-state index in [0.717, 1.165) is 50.8 Å². The molecule has 0 N–H and O–H groups in total. The molecule has 0 aliphatic carbocycles. The first-order chi connectivity index (χ1) is 17.0. The zero-order valence-corrected chi connectivity index (χ0v) is 20.6. The van der Waals surface area contributed by atoms with E-state index in [1.54, 1.807) is 7.11 Å². The third-order valence-electron chi connectivity index (χ3n) is 6.06. The second-order valence-corrected chi connectivity index (χ2v) is 9.10. The first-order valence-electron chi connectivity index (χ1n) is 11.9. The molecule has 0 saturated carbocycles. The molecule has 180 valence electrons. The summed E-state index contributed by atoms with van der Waals surface area (Å²) in [6, 6.07) is 18.0. The van der Waals surface area contributed by atoms with Crippen molar-refractivity contribution in [1.82, 2.24) is 0 Å². The van der Waals surface area contributed by atoms with E-state index in [2.05, 4.69) is 24.3 Å². The molecule has 0 unspecified atom stereocenters. The second kappa shape index (κ2) is 9.41. The van der Waals surface area contributed by atoms with Gasteiger partial charge in [0.2, 0.25) is 0 Å². The molecule has 5 rings (SSSR count). The van der Waals surface area contributed by atoms with Crippen LogP contribution in [0.1, 0.15) is 43.0 Å². The largest absolute Gasteiger partial charge is 0.496 e. The van der Waals surface area contributed by atoms with Crippen molar-refractivity contribution in [3.8, 4) is 28.7 Å². The Kier molecular flexibility index (Phi) is 6.16. The van der Waals surface area contributed by atoms with Crippen LogP contribution >= 0.6 is 0 Å². The van der Waals surface area contributed by atoms with Crippen LogP contribution in [0.15, 0.2) is 60.7 Å². The van der Waals surface area contributed by atoms with Gasteiger partial charge in [0.15, 0.2) is 0 Å². The summed E-state index contributed by atoms with van der Waals surface area (Å²) in [4.78, 5) is 0. The van der Waals surface area contributed by atoms with Crippen LogP contribution in [0.5, 0.6) is 28.7 Å². The molecule has 0 aromatic heterocycles. The van der Waals surface area contributed by atoms with E-state index in [1.807, 2.05) is 69.3 Å². The maximum absolute atomic E-state index is 6.33. The molecule has 0 radical (unpaired) electrons. The van der Waals surface area contributed by atoms with Crippen LogP contribution in [0.3, 0.4) is 0 Å². The average Bonchev–Trinajstić information content (AvgIpc) is 2.87. The second-order valence-electron chi connectivity index (χ2n) is 9.10. The highest BCUT2D eigenvalue weighted by molar-refractivity contribution is 5.92. The minimum absolute atomic E-state index is 0.380. The number of ether oxygens (including phenoxy) is 5. The Morgan fingerprint density at radius 3 is 2.54 bits per heavy atom. The molecule has 0 amide bonds. The average molecular weight is 471 g/mol. The number of hydrogen-bond donors (Lipinski definition) is 0. The number of hydrogen-bond acceptors (Lipinski definition) is 5. The molecule has 0 saturated heterocycles. The summed E-state index contributed by atoms with van der Waals surface area (Å²) >= 11 is 0. The highest BCUT2D eigenvalue weighted by Gasteiger charge is 2.29. The number of methoxy groups -OCH3 is 1. The molecule has 0 spiro atoms. The summed E-state index contributed by atoms with van der Waals surface area (Å²) in [5, 5.41) is 0. The molecule has 0 atom stereocenters. The lowest BCUT2D eigenvalue weighted by atomic mass is 9.94. The van der Waals surface area contributed by atoms with Gasteiger partial charge in [-0.1, -0.05) is 30.3 Å². The Morgan fingerprint density at radius 1 is 0.943 bits per heavy atom. The van der Waals surface area contributed by atoms with Crippen LogP contribution < -0.4 is 23.7 Å². The Hall–Kier alpha value is -3.86. The van der Waals surface area contributed by atoms with Gasteiger partial charge in [-0.05, 0) is 56.7 Å². The summed E-state index contributed by atoms with van der Waals surface area (Å²) in [5.74, 6) is 3.76. The Labute approximate surface area is 206 Å². The lowest BCUT2D eigenvalue weighted by molar-refractivity contribution is 0.157. The standard InChI is InChI=1S/C30H30O5/c1-5-32-22-11-12-23(27(16-22)33-18-20-9-7-6-8-10-20)21-15-25-26(31-4)17-28-24(29(25)34-19-21)13-14-30(2,3)35-28/h6-17H,5,18-19H2,1-4H3. The minimum atomic E-state index is -0.380. The number of rotatable bonds is 7. The molecule has 2 heterocycles. The Bertz CT molecular complexity index is 1290. The quantitative estimate of drug-likeness (QED) is 0.380. The van der Waals surface area contributed by atoms with E-state index in [0.29, 0.717) is 25.6 Å². The van der Waals surface area contributed by atoms with Crippen LogP contribution in [0, 0.1) is 0 Å². The normalized spacial score (nSPS) is 15.1. The summed E-state index contributed by atoms with van der Waals surface area (Å²) < 4.78 is 30.3. The van der Waals surface area contributed by atoms with Gasteiger partial charge in [-0.3, -0.25) is 0 Å². The van der Waals surface area contributed by atoms with E-state index in [4.69, 9.17) is 23.7 Å². The fraction of sp³-hybridized carbons (Fsp3) is 0.267. The van der Waals surface area contributed by atoms with Gasteiger partial charge in [0, 0.05) is 23.3 Å². The van der Waals surface area contributed by atoms with Crippen molar-refractivity contribution in [2.24, 2.45) is 0 Å². The predicted molar refractivity (Wildman–Crippen MR) is 138 cm³/mol. The fourth-order valence-electron chi connectivity index (χ4n) is 4.35. The molecule has 2 aliphatic heterocycles. The van der Waals surface area contributed by atoms with E-state index in [9.17, 15) is 0 Å². The van der Waals surface area contributed by atoms with Crippen molar-refractivity contribution < 1.29 is 23.7 Å². The van der Waals surface area contributed by atoms with Crippen molar-refractivity contribution >= 4 is 17.7 Å². The predicted octanol–water partition coefficient (Wildman–Crippen LogP) is 6.79. The zero-order valence-electron chi connectivity index (χ0n) is 20.6. The zero-order chi connectivity index (χ0) is 24.4. The van der Waals surface area contributed by atoms with Crippen LogP contribution in [-0.2, 0) is 6.61 Å². The first-order valence-corrected chi connectivity index (χ1v) is 11.9. The minimum Gasteiger partial charge on any atom is -0.496 e. The van der Waals surface area contributed by atoms with Gasteiger partial charge in [0.1, 0.15) is 47.6 Å². The fourth-order valence-corrected chi connectivity index (χ4v) is 4.35. The van der Waals surface area contributed by atoms with E-state index >= 15 is 0 Å². The van der Waals surface area contributed by atoms with Crippen LogP contribution in [0.25, 0.3) is 17.7 Å². The molecule has 0 bridgehead atoms. The monoisotopic (exact) mass is 470 g/mol. The summed E-state index contributed by atoms with van der Waals surface area (Å²) in [5.41, 5.74) is 4.51. The van der Waals surface area contributed by atoms with Crippen LogP contribution in [0.2, 0.25) is 0 Å². The molecule has 5 heteroatoms. The van der Waals surface area contributed by atoms with Gasteiger partial charge < -0.3 is 23.7 Å². The van der Waals surface area contributed by atoms with E-state index in [-0.39, 0.29) is 5.60 Å². The van der Waals surface area contributed by atoms with Crippen molar-refractivity contribution in [1.29, 1.82) is 0 Å². The number of fused-ring (bicyclic) bond motifs is 3. The molecule has 3 aromatic carbocycles. The van der Waals surface area contributed by atoms with Crippen molar-refractivity contribution in [2.75, 3.05) is 20.3 Å².